The second-order valence-electron chi connectivity index (χ2n) is 7.39. The van der Waals surface area contributed by atoms with E-state index in [1.807, 2.05) is 12.1 Å². The van der Waals surface area contributed by atoms with Crippen molar-refractivity contribution in [2.45, 2.75) is 65.3 Å². The van der Waals surface area contributed by atoms with Gasteiger partial charge in [-0.1, -0.05) is 38.4 Å². The molecule has 0 unspecified atom stereocenters. The Hall–Kier alpha value is -1.27. The molecule has 1 aromatic carbocycles. The van der Waals surface area contributed by atoms with Gasteiger partial charge in [-0.25, -0.2) is 4.79 Å². The van der Waals surface area contributed by atoms with Crippen LogP contribution in [-0.4, -0.2) is 23.4 Å². The first-order valence-electron chi connectivity index (χ1n) is 8.01. The van der Waals surface area contributed by atoms with Gasteiger partial charge in [-0.15, -0.1) is 0 Å². The van der Waals surface area contributed by atoms with Gasteiger partial charge < -0.3 is 9.84 Å². The highest BCUT2D eigenvalue weighted by atomic mass is 35.5. The minimum Gasteiger partial charge on any atom is -0.475 e. The Bertz CT molecular complexity index is 594. The monoisotopic (exact) mass is 380 g/mol. The van der Waals surface area contributed by atoms with E-state index in [0.29, 0.717) is 11.5 Å². The van der Waals surface area contributed by atoms with Gasteiger partial charge in [0.25, 0.3) is 0 Å². The number of carboxylic acids is 1. The van der Waals surface area contributed by atoms with E-state index in [-0.39, 0.29) is 6.10 Å². The van der Waals surface area contributed by atoms with Crippen molar-refractivity contribution in [2.75, 3.05) is 0 Å². The van der Waals surface area contributed by atoms with Crippen LogP contribution in [0.1, 0.15) is 57.3 Å². The van der Waals surface area contributed by atoms with Crippen molar-refractivity contribution in [2.24, 2.45) is 5.41 Å². The number of aryl methyl sites for hydroxylation is 1. The van der Waals surface area contributed by atoms with Gasteiger partial charge in [0.15, 0.2) is 0 Å². The molecule has 1 saturated heterocycles. The Labute approximate surface area is 151 Å². The maximum absolute atomic E-state index is 10.6. The second-order valence-corrected chi connectivity index (χ2v) is 7.83. The molecule has 142 valence electrons. The first-order valence-corrected chi connectivity index (χ1v) is 8.39. The van der Waals surface area contributed by atoms with Crippen LogP contribution in [0, 0.1) is 12.3 Å². The highest BCUT2D eigenvalue weighted by Crippen LogP contribution is 2.38. The Kier molecular flexibility index (Phi) is 7.32. The van der Waals surface area contributed by atoms with Crippen LogP contribution in [0.25, 0.3) is 0 Å². The summed E-state index contributed by atoms with van der Waals surface area (Å²) in [5.74, 6) is -2.76. The van der Waals surface area contributed by atoms with Gasteiger partial charge in [-0.2, -0.15) is 13.2 Å². The third-order valence-corrected chi connectivity index (χ3v) is 4.00. The van der Waals surface area contributed by atoms with E-state index in [2.05, 4.69) is 33.8 Å². The molecule has 7 heteroatoms. The van der Waals surface area contributed by atoms with Gasteiger partial charge in [0.05, 0.1) is 12.2 Å². The molecule has 2 atom stereocenters. The zero-order valence-electron chi connectivity index (χ0n) is 14.8. The molecular formula is C18H24ClF3O3. The van der Waals surface area contributed by atoms with E-state index in [9.17, 15) is 13.2 Å². The minimum atomic E-state index is -5.08. The van der Waals surface area contributed by atoms with Gasteiger partial charge in [-0.05, 0) is 54.9 Å². The number of hydrogen-bond donors (Lipinski definition) is 1. The van der Waals surface area contributed by atoms with Crippen molar-refractivity contribution in [1.29, 1.82) is 0 Å². The number of alkyl halides is 3. The molecule has 1 heterocycles. The second kappa shape index (κ2) is 8.41. The number of rotatable bonds is 2. The maximum atomic E-state index is 10.6. The topological polar surface area (TPSA) is 46.5 Å². The molecule has 1 fully saturated rings. The van der Waals surface area contributed by atoms with Crippen LogP contribution < -0.4 is 0 Å². The summed E-state index contributed by atoms with van der Waals surface area (Å²) in [4.78, 5) is 8.90. The summed E-state index contributed by atoms with van der Waals surface area (Å²) in [6.07, 6.45) is -0.983. The van der Waals surface area contributed by atoms with Crippen LogP contribution in [0.2, 0.25) is 5.02 Å². The molecule has 1 aromatic rings. The van der Waals surface area contributed by atoms with E-state index in [1.165, 1.54) is 17.5 Å². The summed E-state index contributed by atoms with van der Waals surface area (Å²) in [7, 11) is 0. The SMILES string of the molecule is Cc1cc(Cl)ccc1[C@H]1CC[C@@H](CC(C)(C)C)O1.O=C(O)C(F)(F)F. The molecule has 1 N–H and O–H groups in total. The normalized spacial score (nSPS) is 20.8. The Balaban J connectivity index is 0.000000381. The molecule has 0 amide bonds. The summed E-state index contributed by atoms with van der Waals surface area (Å²) in [6.45, 7) is 8.94. The molecule has 3 nitrogen and oxygen atoms in total. The van der Waals surface area contributed by atoms with Crippen molar-refractivity contribution < 1.29 is 27.8 Å². The number of carboxylic acid groups (broad SMARTS) is 1. The highest BCUT2D eigenvalue weighted by molar-refractivity contribution is 6.30. The number of hydrogen-bond acceptors (Lipinski definition) is 2. The average Bonchev–Trinajstić information content (AvgIpc) is 2.84. The fraction of sp³-hybridized carbons (Fsp3) is 0.611. The number of benzene rings is 1. The summed E-state index contributed by atoms with van der Waals surface area (Å²) in [5.41, 5.74) is 2.88. The third kappa shape index (κ3) is 7.65. The van der Waals surface area contributed by atoms with E-state index >= 15 is 0 Å². The van der Waals surface area contributed by atoms with Gasteiger partial charge in [0, 0.05) is 5.02 Å². The molecule has 1 aliphatic rings. The first kappa shape index (κ1) is 21.8. The molecule has 0 aliphatic carbocycles. The first-order chi connectivity index (χ1) is 11.3. The van der Waals surface area contributed by atoms with Crippen molar-refractivity contribution in [3.63, 3.8) is 0 Å². The number of carbonyl (C=O) groups is 1. The molecule has 0 radical (unpaired) electrons. The molecule has 0 bridgehead atoms. The van der Waals surface area contributed by atoms with Crippen LogP contribution in [0.15, 0.2) is 18.2 Å². The lowest BCUT2D eigenvalue weighted by atomic mass is 9.88. The third-order valence-electron chi connectivity index (χ3n) is 3.77. The Morgan fingerprint density at radius 1 is 1.28 bits per heavy atom. The predicted octanol–water partition coefficient (Wildman–Crippen LogP) is 5.94. The van der Waals surface area contributed by atoms with Crippen molar-refractivity contribution in [3.05, 3.63) is 34.3 Å². The summed E-state index contributed by atoms with van der Waals surface area (Å²) >= 11 is 6.00. The lowest BCUT2D eigenvalue weighted by molar-refractivity contribution is -0.192. The maximum Gasteiger partial charge on any atom is 0.490 e. The van der Waals surface area contributed by atoms with E-state index < -0.39 is 12.1 Å². The molecule has 2 rings (SSSR count). The molecule has 0 aromatic heterocycles. The standard InChI is InChI=1S/C16H23ClO.C2HF3O2/c1-11-9-12(17)5-7-14(11)15-8-6-13(18-15)10-16(2,3)4;3-2(4,5)1(6)7/h5,7,9,13,15H,6,8,10H2,1-4H3;(H,6,7)/t13-,15+;/m0./s1. The zero-order chi connectivity index (χ0) is 19.4. The summed E-state index contributed by atoms with van der Waals surface area (Å²) in [6, 6.07) is 6.10. The largest absolute Gasteiger partial charge is 0.490 e. The molecule has 1 aliphatic heterocycles. The Morgan fingerprint density at radius 2 is 1.84 bits per heavy atom. The van der Waals surface area contributed by atoms with E-state index in [0.717, 1.165) is 17.9 Å². The minimum absolute atomic E-state index is 0.259. The molecule has 0 saturated carbocycles. The quantitative estimate of drug-likeness (QED) is 0.690. The van der Waals surface area contributed by atoms with Crippen molar-refractivity contribution >= 4 is 17.6 Å². The van der Waals surface area contributed by atoms with Crippen molar-refractivity contribution in [3.8, 4) is 0 Å². The number of ether oxygens (including phenoxy) is 1. The predicted molar refractivity (Wildman–Crippen MR) is 90.8 cm³/mol. The van der Waals surface area contributed by atoms with Crippen LogP contribution in [0.5, 0.6) is 0 Å². The fourth-order valence-corrected chi connectivity index (χ4v) is 2.99. The molecule has 25 heavy (non-hydrogen) atoms. The summed E-state index contributed by atoms with van der Waals surface area (Å²) in [5, 5.41) is 7.93. The lowest BCUT2D eigenvalue weighted by Gasteiger charge is -2.23. The van der Waals surface area contributed by atoms with Crippen LogP contribution >= 0.6 is 11.6 Å². The van der Waals surface area contributed by atoms with Crippen LogP contribution in [-0.2, 0) is 9.53 Å². The number of aliphatic carboxylic acids is 1. The van der Waals surface area contributed by atoms with Gasteiger partial charge >= 0.3 is 12.1 Å². The van der Waals surface area contributed by atoms with Gasteiger partial charge in [-0.3, -0.25) is 0 Å². The Morgan fingerprint density at radius 3 is 2.28 bits per heavy atom. The lowest BCUT2D eigenvalue weighted by Crippen LogP contribution is -2.21. The van der Waals surface area contributed by atoms with Crippen LogP contribution in [0.4, 0.5) is 13.2 Å². The van der Waals surface area contributed by atoms with Crippen LogP contribution in [0.3, 0.4) is 0 Å². The van der Waals surface area contributed by atoms with E-state index in [4.69, 9.17) is 26.2 Å². The fourth-order valence-electron chi connectivity index (χ4n) is 2.77. The average molecular weight is 381 g/mol. The van der Waals surface area contributed by atoms with Gasteiger partial charge in [0.1, 0.15) is 0 Å². The highest BCUT2D eigenvalue weighted by Gasteiger charge is 2.38. The smallest absolute Gasteiger partial charge is 0.475 e. The zero-order valence-corrected chi connectivity index (χ0v) is 15.5. The molecule has 0 spiro atoms. The number of halogens is 4. The van der Waals surface area contributed by atoms with Gasteiger partial charge in [0.2, 0.25) is 0 Å². The molecular weight excluding hydrogens is 357 g/mol. The van der Waals surface area contributed by atoms with E-state index in [1.54, 1.807) is 0 Å². The summed E-state index contributed by atoms with van der Waals surface area (Å²) < 4.78 is 37.9. The van der Waals surface area contributed by atoms with Crippen molar-refractivity contribution in [1.82, 2.24) is 0 Å².